The average molecular weight is 445 g/mol. The third kappa shape index (κ3) is 6.82. The van der Waals surface area contributed by atoms with Crippen molar-refractivity contribution in [2.45, 2.75) is 13.0 Å². The second kappa shape index (κ2) is 10.2. The van der Waals surface area contributed by atoms with Crippen molar-refractivity contribution in [3.8, 4) is 0 Å². The lowest BCUT2D eigenvalue weighted by Crippen LogP contribution is -2.37. The molecule has 0 aromatic heterocycles. The highest BCUT2D eigenvalue weighted by atomic mass is 127. The van der Waals surface area contributed by atoms with Crippen LogP contribution in [0.1, 0.15) is 11.1 Å². The Kier molecular flexibility index (Phi) is 8.67. The maximum atomic E-state index is 13.2. The average Bonchev–Trinajstić information content (AvgIpc) is 2.50. The number of aliphatic imine (C=N–C) groups is 1. The molecule has 0 spiro atoms. The molecule has 2 aromatic carbocycles. The van der Waals surface area contributed by atoms with Crippen LogP contribution in [-0.4, -0.2) is 31.5 Å². The molecule has 0 saturated heterocycles. The molecule has 1 N–H and O–H groups in total. The minimum Gasteiger partial charge on any atom is -0.356 e. The molecule has 2 rings (SSSR count). The lowest BCUT2D eigenvalue weighted by molar-refractivity contribution is 0.572. The predicted molar refractivity (Wildman–Crippen MR) is 105 cm³/mol. The molecule has 0 amide bonds. The summed E-state index contributed by atoms with van der Waals surface area (Å²) in [4.78, 5) is 6.43. The Morgan fingerprint density at radius 2 is 1.62 bits per heavy atom. The molecule has 6 heteroatoms. The summed E-state index contributed by atoms with van der Waals surface area (Å²) in [5.74, 6) is -0.359. The molecule has 0 radical (unpaired) electrons. The molecule has 24 heavy (non-hydrogen) atoms. The number of nitrogens with one attached hydrogen (secondary N) is 1. The van der Waals surface area contributed by atoms with Crippen molar-refractivity contribution in [2.24, 2.45) is 4.99 Å². The summed E-state index contributed by atoms with van der Waals surface area (Å²) in [6, 6.07) is 13.5. The molecule has 3 nitrogen and oxygen atoms in total. The van der Waals surface area contributed by atoms with Gasteiger partial charge in [0.1, 0.15) is 11.6 Å². The first-order chi connectivity index (χ1) is 11.0. The van der Waals surface area contributed by atoms with Crippen molar-refractivity contribution in [3.05, 3.63) is 71.3 Å². The Morgan fingerprint density at radius 3 is 2.21 bits per heavy atom. The van der Waals surface area contributed by atoms with E-state index in [1.165, 1.54) is 12.1 Å². The largest absolute Gasteiger partial charge is 0.356 e. The molecule has 0 bridgehead atoms. The monoisotopic (exact) mass is 445 g/mol. The number of benzene rings is 2. The van der Waals surface area contributed by atoms with E-state index in [0.717, 1.165) is 17.6 Å². The number of guanidine groups is 1. The molecule has 130 valence electrons. The van der Waals surface area contributed by atoms with Gasteiger partial charge in [-0.2, -0.15) is 0 Å². The first-order valence-corrected chi connectivity index (χ1v) is 7.49. The quantitative estimate of drug-likeness (QED) is 0.431. The van der Waals surface area contributed by atoms with Crippen molar-refractivity contribution < 1.29 is 8.78 Å². The smallest absolute Gasteiger partial charge is 0.193 e. The summed E-state index contributed by atoms with van der Waals surface area (Å²) in [6.45, 7) is 1.13. The molecule has 0 atom stereocenters. The van der Waals surface area contributed by atoms with Gasteiger partial charge in [0.15, 0.2) is 5.96 Å². The third-order valence-corrected chi connectivity index (χ3v) is 3.30. The van der Waals surface area contributed by atoms with E-state index in [0.29, 0.717) is 25.1 Å². The highest BCUT2D eigenvalue weighted by molar-refractivity contribution is 14.0. The fraction of sp³-hybridized carbons (Fsp3) is 0.278. The zero-order chi connectivity index (χ0) is 16.7. The van der Waals surface area contributed by atoms with E-state index >= 15 is 0 Å². The topological polar surface area (TPSA) is 27.6 Å². The number of nitrogens with zero attached hydrogens (tertiary/aromatic N) is 2. The summed E-state index contributed by atoms with van der Waals surface area (Å²) in [7, 11) is 3.80. The second-order valence-corrected chi connectivity index (χ2v) is 5.47. The molecule has 0 unspecified atom stereocenters. The zero-order valence-electron chi connectivity index (χ0n) is 13.8. The number of hydrogen-bond acceptors (Lipinski definition) is 1. The van der Waals surface area contributed by atoms with E-state index in [-0.39, 0.29) is 24.0 Å². The highest BCUT2D eigenvalue weighted by Gasteiger charge is 2.04. The van der Waals surface area contributed by atoms with Gasteiger partial charge >= 0.3 is 0 Å². The second-order valence-electron chi connectivity index (χ2n) is 5.47. The van der Waals surface area contributed by atoms with Gasteiger partial charge in [-0.1, -0.05) is 30.3 Å². The molecule has 0 aliphatic carbocycles. The van der Waals surface area contributed by atoms with E-state index < -0.39 is 11.6 Å². The van der Waals surface area contributed by atoms with Crippen LogP contribution in [0, 0.1) is 11.6 Å². The molecule has 0 heterocycles. The molecule has 2 aromatic rings. The van der Waals surface area contributed by atoms with Crippen LogP contribution in [0.5, 0.6) is 0 Å². The van der Waals surface area contributed by atoms with Crippen LogP contribution in [0.4, 0.5) is 8.78 Å². The van der Waals surface area contributed by atoms with Gasteiger partial charge in [-0.15, -0.1) is 24.0 Å². The van der Waals surface area contributed by atoms with Crippen LogP contribution in [0.15, 0.2) is 53.5 Å². The highest BCUT2D eigenvalue weighted by Crippen LogP contribution is 2.08. The minimum absolute atomic E-state index is 0. The van der Waals surface area contributed by atoms with Gasteiger partial charge in [0.25, 0.3) is 0 Å². The Bertz CT molecular complexity index is 640. The Balaban J connectivity index is 0.00000288. The van der Waals surface area contributed by atoms with E-state index in [2.05, 4.69) is 10.3 Å². The zero-order valence-corrected chi connectivity index (χ0v) is 16.1. The van der Waals surface area contributed by atoms with Gasteiger partial charge in [0, 0.05) is 26.7 Å². The minimum atomic E-state index is -0.550. The summed E-state index contributed by atoms with van der Waals surface area (Å²) >= 11 is 0. The van der Waals surface area contributed by atoms with Gasteiger partial charge in [0.2, 0.25) is 0 Å². The normalized spacial score (nSPS) is 10.9. The number of rotatable bonds is 5. The van der Waals surface area contributed by atoms with Crippen LogP contribution in [-0.2, 0) is 13.0 Å². The van der Waals surface area contributed by atoms with Gasteiger partial charge in [-0.25, -0.2) is 13.8 Å². The van der Waals surface area contributed by atoms with Crippen LogP contribution >= 0.6 is 24.0 Å². The first kappa shape index (κ1) is 20.3. The van der Waals surface area contributed by atoms with Crippen LogP contribution in [0.3, 0.4) is 0 Å². The van der Waals surface area contributed by atoms with E-state index in [1.54, 1.807) is 0 Å². The SMILES string of the molecule is CN(C)C(=NCc1ccccc1)NCCc1cc(F)cc(F)c1.I. The Labute approximate surface area is 158 Å². The van der Waals surface area contributed by atoms with Crippen LogP contribution in [0.25, 0.3) is 0 Å². The maximum absolute atomic E-state index is 13.2. The fourth-order valence-corrected chi connectivity index (χ4v) is 2.18. The van der Waals surface area contributed by atoms with Crippen molar-refractivity contribution in [3.63, 3.8) is 0 Å². The van der Waals surface area contributed by atoms with Crippen molar-refractivity contribution in [1.29, 1.82) is 0 Å². The molecular weight excluding hydrogens is 423 g/mol. The van der Waals surface area contributed by atoms with E-state index in [4.69, 9.17) is 0 Å². The standard InChI is InChI=1S/C18H21F2N3.HI/c1-23(2)18(22-13-14-6-4-3-5-7-14)21-9-8-15-10-16(19)12-17(20)11-15;/h3-7,10-12H,8-9,13H2,1-2H3,(H,21,22);1H. The van der Waals surface area contributed by atoms with E-state index in [9.17, 15) is 8.78 Å². The van der Waals surface area contributed by atoms with Crippen LogP contribution in [0.2, 0.25) is 0 Å². The predicted octanol–water partition coefficient (Wildman–Crippen LogP) is 3.83. The first-order valence-electron chi connectivity index (χ1n) is 7.49. The summed E-state index contributed by atoms with van der Waals surface area (Å²) in [5, 5.41) is 3.21. The molecule has 0 fully saturated rings. The lowest BCUT2D eigenvalue weighted by atomic mass is 10.1. The van der Waals surface area contributed by atoms with Crippen molar-refractivity contribution in [2.75, 3.05) is 20.6 Å². The maximum Gasteiger partial charge on any atom is 0.193 e. The number of hydrogen-bond donors (Lipinski definition) is 1. The summed E-state index contributed by atoms with van der Waals surface area (Å²) in [6.07, 6.45) is 0.521. The van der Waals surface area contributed by atoms with Crippen molar-refractivity contribution >= 4 is 29.9 Å². The van der Waals surface area contributed by atoms with Gasteiger partial charge in [0.05, 0.1) is 6.54 Å². The Morgan fingerprint density at radius 1 is 1.00 bits per heavy atom. The van der Waals surface area contributed by atoms with Gasteiger partial charge < -0.3 is 10.2 Å². The van der Waals surface area contributed by atoms with Crippen LogP contribution < -0.4 is 5.32 Å². The van der Waals surface area contributed by atoms with Gasteiger partial charge in [-0.05, 0) is 29.7 Å². The molecule has 0 aliphatic rings. The fourth-order valence-electron chi connectivity index (χ4n) is 2.18. The summed E-state index contributed by atoms with van der Waals surface area (Å²) < 4.78 is 26.3. The summed E-state index contributed by atoms with van der Waals surface area (Å²) in [5.41, 5.74) is 1.75. The molecule has 0 aliphatic heterocycles. The third-order valence-electron chi connectivity index (χ3n) is 3.30. The molecular formula is C18H22F2IN3. The van der Waals surface area contributed by atoms with E-state index in [1.807, 2.05) is 49.3 Å². The van der Waals surface area contributed by atoms with Crippen molar-refractivity contribution in [1.82, 2.24) is 10.2 Å². The number of halogens is 3. The van der Waals surface area contributed by atoms with Gasteiger partial charge in [-0.3, -0.25) is 0 Å². The molecule has 0 saturated carbocycles. The lowest BCUT2D eigenvalue weighted by Gasteiger charge is -2.17. The Hall–Kier alpha value is -1.70.